The van der Waals surface area contributed by atoms with Crippen molar-refractivity contribution in [3.63, 3.8) is 0 Å². The van der Waals surface area contributed by atoms with Crippen LogP contribution in [0.4, 0.5) is 0 Å². The van der Waals surface area contributed by atoms with E-state index in [1.165, 1.54) is 16.7 Å². The van der Waals surface area contributed by atoms with E-state index in [1.807, 2.05) is 18.3 Å². The van der Waals surface area contributed by atoms with Crippen molar-refractivity contribution in [3.05, 3.63) is 60.3 Å². The first-order valence-electron chi connectivity index (χ1n) is 6.97. The van der Waals surface area contributed by atoms with Gasteiger partial charge < -0.3 is 4.74 Å². The van der Waals surface area contributed by atoms with Crippen molar-refractivity contribution in [2.75, 3.05) is 7.11 Å². The minimum Gasteiger partial charge on any atom is -0.497 e. The second-order valence-electron chi connectivity index (χ2n) is 5.06. The molecule has 0 atom stereocenters. The highest BCUT2D eigenvalue weighted by Crippen LogP contribution is 2.29. The molecular weight excluding hydrogens is 330 g/mol. The Hall–Kier alpha value is -2.48. The summed E-state index contributed by atoms with van der Waals surface area (Å²) in [6.07, 6.45) is 1.85. The lowest BCUT2D eigenvalue weighted by atomic mass is 10.00. The van der Waals surface area contributed by atoms with Gasteiger partial charge in [-0.2, -0.15) is 8.42 Å². The van der Waals surface area contributed by atoms with Crippen molar-refractivity contribution in [2.24, 2.45) is 0 Å². The van der Waals surface area contributed by atoms with Gasteiger partial charge in [-0.1, -0.05) is 29.8 Å². The number of pyridine rings is 1. The number of benzene rings is 2. The first-order chi connectivity index (χ1) is 11.3. The number of fused-ring (bicyclic) bond motifs is 1. The minimum absolute atomic E-state index is 0.835. The molecule has 0 bridgehead atoms. The summed E-state index contributed by atoms with van der Waals surface area (Å²) in [5.74, 6) is 0.835. The first kappa shape index (κ1) is 17.9. The number of rotatable bonds is 2. The summed E-state index contributed by atoms with van der Waals surface area (Å²) in [5.41, 5.74) is 4.64. The highest BCUT2D eigenvalue weighted by atomic mass is 32.3. The molecule has 0 aliphatic heterocycles. The summed E-state index contributed by atoms with van der Waals surface area (Å²) in [6, 6.07) is 16.6. The number of ether oxygens (including phenoxy) is 1. The Morgan fingerprint density at radius 3 is 2.38 bits per heavy atom. The molecule has 0 spiro atoms. The maximum Gasteiger partial charge on any atom is 0.394 e. The van der Waals surface area contributed by atoms with E-state index in [0.717, 1.165) is 16.7 Å². The monoisotopic (exact) mass is 347 g/mol. The molecule has 0 amide bonds. The van der Waals surface area contributed by atoms with Crippen molar-refractivity contribution in [2.45, 2.75) is 6.92 Å². The number of aromatic nitrogens is 1. The van der Waals surface area contributed by atoms with Crippen LogP contribution in [0.15, 0.2) is 54.7 Å². The summed E-state index contributed by atoms with van der Waals surface area (Å²) < 4.78 is 36.8. The molecule has 3 rings (SSSR count). The van der Waals surface area contributed by atoms with E-state index in [0.29, 0.717) is 0 Å². The van der Waals surface area contributed by atoms with E-state index in [4.69, 9.17) is 22.3 Å². The average Bonchev–Trinajstić information content (AvgIpc) is 2.52. The SMILES string of the molecule is COc1ccc2c(-c3cccc(C)c3)ccnc2c1.O=S(=O)(O)O. The zero-order valence-electron chi connectivity index (χ0n) is 13.2. The Bertz CT molecular complexity index is 946. The molecule has 7 heteroatoms. The first-order valence-corrected chi connectivity index (χ1v) is 8.37. The summed E-state index contributed by atoms with van der Waals surface area (Å²) in [6.45, 7) is 2.11. The average molecular weight is 347 g/mol. The van der Waals surface area contributed by atoms with Crippen molar-refractivity contribution < 1.29 is 22.3 Å². The molecular formula is C17H17NO5S. The van der Waals surface area contributed by atoms with E-state index >= 15 is 0 Å². The molecule has 2 N–H and O–H groups in total. The zero-order chi connectivity index (χ0) is 17.7. The van der Waals surface area contributed by atoms with Crippen LogP contribution in [-0.4, -0.2) is 29.6 Å². The fraction of sp³-hybridized carbons (Fsp3) is 0.118. The normalized spacial score (nSPS) is 10.8. The molecule has 2 aromatic carbocycles. The van der Waals surface area contributed by atoms with Crippen LogP contribution < -0.4 is 4.74 Å². The lowest BCUT2D eigenvalue weighted by molar-refractivity contribution is 0.381. The molecule has 24 heavy (non-hydrogen) atoms. The van der Waals surface area contributed by atoms with Gasteiger partial charge in [0.05, 0.1) is 12.6 Å². The third-order valence-electron chi connectivity index (χ3n) is 3.28. The van der Waals surface area contributed by atoms with Crippen LogP contribution in [-0.2, 0) is 10.4 Å². The number of methoxy groups -OCH3 is 1. The van der Waals surface area contributed by atoms with Crippen LogP contribution in [0.2, 0.25) is 0 Å². The van der Waals surface area contributed by atoms with Crippen molar-refractivity contribution in [3.8, 4) is 16.9 Å². The number of nitrogens with zero attached hydrogens (tertiary/aromatic N) is 1. The Morgan fingerprint density at radius 1 is 1.04 bits per heavy atom. The molecule has 3 aromatic rings. The summed E-state index contributed by atoms with van der Waals surface area (Å²) >= 11 is 0. The molecule has 0 radical (unpaired) electrons. The van der Waals surface area contributed by atoms with Gasteiger partial charge in [0.1, 0.15) is 5.75 Å². The van der Waals surface area contributed by atoms with Gasteiger partial charge in [0.25, 0.3) is 0 Å². The highest BCUT2D eigenvalue weighted by Gasteiger charge is 2.05. The molecule has 0 aliphatic rings. The lowest BCUT2D eigenvalue weighted by Gasteiger charge is -2.08. The number of hydrogen-bond donors (Lipinski definition) is 2. The van der Waals surface area contributed by atoms with Crippen LogP contribution in [0.3, 0.4) is 0 Å². The second-order valence-corrected chi connectivity index (χ2v) is 5.95. The Balaban J connectivity index is 0.000000368. The topological polar surface area (TPSA) is 96.7 Å². The van der Waals surface area contributed by atoms with Crippen LogP contribution in [0.1, 0.15) is 5.56 Å². The fourth-order valence-corrected chi connectivity index (χ4v) is 2.32. The largest absolute Gasteiger partial charge is 0.497 e. The van der Waals surface area contributed by atoms with Crippen LogP contribution in [0, 0.1) is 6.92 Å². The van der Waals surface area contributed by atoms with E-state index in [2.05, 4.69) is 48.3 Å². The fourth-order valence-electron chi connectivity index (χ4n) is 2.32. The summed E-state index contributed by atoms with van der Waals surface area (Å²) in [7, 11) is -2.99. The summed E-state index contributed by atoms with van der Waals surface area (Å²) in [4.78, 5) is 4.42. The third-order valence-corrected chi connectivity index (χ3v) is 3.28. The van der Waals surface area contributed by atoms with E-state index in [9.17, 15) is 0 Å². The van der Waals surface area contributed by atoms with Gasteiger partial charge >= 0.3 is 10.4 Å². The Morgan fingerprint density at radius 2 is 1.75 bits per heavy atom. The number of hydrogen-bond acceptors (Lipinski definition) is 4. The third kappa shape index (κ3) is 5.02. The molecule has 0 aliphatic carbocycles. The van der Waals surface area contributed by atoms with Gasteiger partial charge in [0, 0.05) is 17.6 Å². The van der Waals surface area contributed by atoms with Crippen LogP contribution in [0.5, 0.6) is 5.75 Å². The molecule has 0 unspecified atom stereocenters. The Kier molecular flexibility index (Phi) is 5.50. The molecule has 1 aromatic heterocycles. The predicted molar refractivity (Wildman–Crippen MR) is 92.6 cm³/mol. The van der Waals surface area contributed by atoms with Crippen molar-refractivity contribution in [1.29, 1.82) is 0 Å². The maximum atomic E-state index is 8.74. The lowest BCUT2D eigenvalue weighted by Crippen LogP contribution is -1.89. The van der Waals surface area contributed by atoms with Gasteiger partial charge in [-0.05, 0) is 36.2 Å². The zero-order valence-corrected chi connectivity index (χ0v) is 14.0. The molecule has 0 saturated heterocycles. The van der Waals surface area contributed by atoms with Crippen LogP contribution in [0.25, 0.3) is 22.0 Å². The smallest absolute Gasteiger partial charge is 0.394 e. The molecule has 0 fully saturated rings. The number of aryl methyl sites for hydroxylation is 1. The van der Waals surface area contributed by atoms with Gasteiger partial charge in [0.2, 0.25) is 0 Å². The second kappa shape index (κ2) is 7.39. The van der Waals surface area contributed by atoms with Gasteiger partial charge in [0.15, 0.2) is 0 Å². The highest BCUT2D eigenvalue weighted by molar-refractivity contribution is 7.79. The Labute approximate surface area is 140 Å². The maximum absolute atomic E-state index is 8.74. The van der Waals surface area contributed by atoms with Gasteiger partial charge in [-0.3, -0.25) is 14.1 Å². The minimum atomic E-state index is -4.67. The molecule has 1 heterocycles. The summed E-state index contributed by atoms with van der Waals surface area (Å²) in [5, 5.41) is 1.15. The van der Waals surface area contributed by atoms with E-state index in [-0.39, 0.29) is 0 Å². The molecule has 6 nitrogen and oxygen atoms in total. The van der Waals surface area contributed by atoms with Crippen molar-refractivity contribution in [1.82, 2.24) is 4.98 Å². The predicted octanol–water partition coefficient (Wildman–Crippen LogP) is 3.57. The quantitative estimate of drug-likeness (QED) is 0.688. The van der Waals surface area contributed by atoms with Gasteiger partial charge in [-0.15, -0.1) is 0 Å². The van der Waals surface area contributed by atoms with E-state index < -0.39 is 10.4 Å². The van der Waals surface area contributed by atoms with Crippen molar-refractivity contribution >= 4 is 21.3 Å². The van der Waals surface area contributed by atoms with E-state index in [1.54, 1.807) is 7.11 Å². The molecule has 126 valence electrons. The van der Waals surface area contributed by atoms with Crippen LogP contribution >= 0.6 is 0 Å². The van der Waals surface area contributed by atoms with Gasteiger partial charge in [-0.25, -0.2) is 0 Å². The standard InChI is InChI=1S/C17H15NO.H2O4S/c1-12-4-3-5-13(10-12)15-8-9-18-17-11-14(19-2)6-7-16(15)17;1-5(2,3)4/h3-11H,1-2H3;(H2,1,2,3,4). The molecule has 0 saturated carbocycles.